The van der Waals surface area contributed by atoms with E-state index in [1.54, 1.807) is 37.3 Å². The predicted molar refractivity (Wildman–Crippen MR) is 121 cm³/mol. The third-order valence-electron chi connectivity index (χ3n) is 5.10. The predicted octanol–water partition coefficient (Wildman–Crippen LogP) is 4.94. The number of methoxy groups -OCH3 is 1. The van der Waals surface area contributed by atoms with Crippen LogP contribution in [0.4, 0.5) is 19.3 Å². The normalized spacial score (nSPS) is 10.9. The Morgan fingerprint density at radius 3 is 2.44 bits per heavy atom. The molecule has 1 aromatic heterocycles. The number of fused-ring (bicyclic) bond motifs is 1. The van der Waals surface area contributed by atoms with Crippen LogP contribution in [-0.4, -0.2) is 42.5 Å². The number of aryl methyl sites for hydroxylation is 2. The van der Waals surface area contributed by atoms with Crippen molar-refractivity contribution in [3.05, 3.63) is 58.8 Å². The number of amides is 1. The smallest absolute Gasteiger partial charge is 0.411 e. The number of halogens is 2. The number of pyridine rings is 1. The van der Waals surface area contributed by atoms with Gasteiger partial charge in [-0.15, -0.1) is 0 Å². The molecule has 1 amide bonds. The van der Waals surface area contributed by atoms with E-state index in [0.717, 1.165) is 5.56 Å². The van der Waals surface area contributed by atoms with E-state index in [0.29, 0.717) is 34.4 Å². The van der Waals surface area contributed by atoms with Crippen LogP contribution < -0.4 is 14.8 Å². The second-order valence-electron chi connectivity index (χ2n) is 7.38. The molecule has 2 aromatic carbocycles. The third kappa shape index (κ3) is 5.69. The quantitative estimate of drug-likeness (QED) is 0.452. The molecular weight excluding hydrogens is 450 g/mol. The molecule has 0 saturated carbocycles. The van der Waals surface area contributed by atoms with Crippen molar-refractivity contribution in [3.63, 3.8) is 0 Å². The fourth-order valence-electron chi connectivity index (χ4n) is 3.56. The molecule has 0 aliphatic heterocycles. The molecule has 34 heavy (non-hydrogen) atoms. The molecule has 0 atom stereocenters. The van der Waals surface area contributed by atoms with E-state index in [9.17, 15) is 18.4 Å². The van der Waals surface area contributed by atoms with Gasteiger partial charge in [0, 0.05) is 23.4 Å². The molecule has 0 aliphatic carbocycles. The molecule has 3 aromatic rings. The molecule has 0 fully saturated rings. The van der Waals surface area contributed by atoms with E-state index in [2.05, 4.69) is 15.0 Å². The van der Waals surface area contributed by atoms with Crippen LogP contribution in [0.3, 0.4) is 0 Å². The molecule has 0 aliphatic rings. The SMILES string of the molecule is CCc1nc2c(C)ccc(OCC(=O)O)c2c(OC(F)F)c1Cc1ccc(NC(=O)OC)cc1. The van der Waals surface area contributed by atoms with Crippen LogP contribution in [-0.2, 0) is 22.4 Å². The number of carbonyl (C=O) groups excluding carboxylic acids is 1. The van der Waals surface area contributed by atoms with Crippen molar-refractivity contribution in [2.24, 2.45) is 0 Å². The lowest BCUT2D eigenvalue weighted by Gasteiger charge is -2.20. The Balaban J connectivity index is 2.14. The first-order valence-electron chi connectivity index (χ1n) is 10.4. The summed E-state index contributed by atoms with van der Waals surface area (Å²) in [5, 5.41) is 11.7. The summed E-state index contributed by atoms with van der Waals surface area (Å²) in [5.74, 6) is -1.21. The number of hydrogen-bond acceptors (Lipinski definition) is 6. The average molecular weight is 474 g/mol. The molecule has 1 heterocycles. The lowest BCUT2D eigenvalue weighted by atomic mass is 9.97. The van der Waals surface area contributed by atoms with Gasteiger partial charge in [0.05, 0.1) is 18.0 Å². The zero-order valence-electron chi connectivity index (χ0n) is 18.9. The van der Waals surface area contributed by atoms with Gasteiger partial charge in [-0.05, 0) is 42.7 Å². The van der Waals surface area contributed by atoms with E-state index in [-0.39, 0.29) is 23.3 Å². The van der Waals surface area contributed by atoms with Gasteiger partial charge in [-0.3, -0.25) is 10.3 Å². The van der Waals surface area contributed by atoms with Crippen molar-refractivity contribution in [2.75, 3.05) is 19.0 Å². The Morgan fingerprint density at radius 1 is 1.15 bits per heavy atom. The van der Waals surface area contributed by atoms with Gasteiger partial charge in [0.25, 0.3) is 0 Å². The van der Waals surface area contributed by atoms with Crippen molar-refractivity contribution in [2.45, 2.75) is 33.3 Å². The standard InChI is InChI=1S/C24H24F2N2O6/c1-4-17-16(11-14-6-8-15(9-7-14)27-24(31)32-3)22(34-23(25)26)20-18(33-12-19(29)30)10-5-13(2)21(20)28-17/h5-10,23H,4,11-12H2,1-3H3,(H,27,31)(H,29,30). The molecule has 8 nitrogen and oxygen atoms in total. The fraction of sp³-hybridized carbons (Fsp3) is 0.292. The summed E-state index contributed by atoms with van der Waals surface area (Å²) in [6, 6.07) is 9.99. The molecule has 180 valence electrons. The number of aromatic nitrogens is 1. The first kappa shape index (κ1) is 24.7. The van der Waals surface area contributed by atoms with Crippen LogP contribution in [0.1, 0.15) is 29.3 Å². The lowest BCUT2D eigenvalue weighted by molar-refractivity contribution is -0.139. The summed E-state index contributed by atoms with van der Waals surface area (Å²) in [4.78, 5) is 27.1. The van der Waals surface area contributed by atoms with Crippen molar-refractivity contribution < 1.29 is 37.7 Å². The Morgan fingerprint density at radius 2 is 1.85 bits per heavy atom. The Kier molecular flexibility index (Phi) is 7.83. The van der Waals surface area contributed by atoms with E-state index in [4.69, 9.17) is 14.6 Å². The van der Waals surface area contributed by atoms with E-state index >= 15 is 0 Å². The number of rotatable bonds is 9. The summed E-state index contributed by atoms with van der Waals surface area (Å²) in [7, 11) is 1.25. The van der Waals surface area contributed by atoms with Gasteiger partial charge in [0.2, 0.25) is 0 Å². The highest BCUT2D eigenvalue weighted by molar-refractivity contribution is 5.95. The van der Waals surface area contributed by atoms with Gasteiger partial charge in [-0.2, -0.15) is 8.78 Å². The number of carboxylic acid groups (broad SMARTS) is 1. The summed E-state index contributed by atoms with van der Waals surface area (Å²) < 4.78 is 42.0. The van der Waals surface area contributed by atoms with Crippen molar-refractivity contribution in [1.82, 2.24) is 4.98 Å². The second-order valence-corrected chi connectivity index (χ2v) is 7.38. The number of anilines is 1. The Bertz CT molecular complexity index is 1200. The zero-order chi connectivity index (χ0) is 24.8. The van der Waals surface area contributed by atoms with Crippen LogP contribution in [0.15, 0.2) is 36.4 Å². The molecular formula is C24H24F2N2O6. The molecule has 0 bridgehead atoms. The minimum Gasteiger partial charge on any atom is -0.481 e. The summed E-state index contributed by atoms with van der Waals surface area (Å²) in [6.45, 7) is -0.137. The summed E-state index contributed by atoms with van der Waals surface area (Å²) in [5.41, 5.74) is 3.37. The number of nitrogens with zero attached hydrogens (tertiary/aromatic N) is 1. The highest BCUT2D eigenvalue weighted by Crippen LogP contribution is 2.40. The van der Waals surface area contributed by atoms with Crippen LogP contribution in [0.5, 0.6) is 11.5 Å². The van der Waals surface area contributed by atoms with E-state index < -0.39 is 25.3 Å². The van der Waals surface area contributed by atoms with Gasteiger partial charge >= 0.3 is 18.7 Å². The number of carboxylic acids is 1. The lowest BCUT2D eigenvalue weighted by Crippen LogP contribution is -2.13. The maximum atomic E-state index is 13.5. The highest BCUT2D eigenvalue weighted by atomic mass is 19.3. The minimum atomic E-state index is -3.12. The number of nitrogens with one attached hydrogen (secondary N) is 1. The molecule has 10 heteroatoms. The Hall–Kier alpha value is -3.95. The zero-order valence-corrected chi connectivity index (χ0v) is 18.9. The number of alkyl halides is 2. The molecule has 3 rings (SSSR count). The molecule has 0 unspecified atom stereocenters. The topological polar surface area (TPSA) is 107 Å². The maximum absolute atomic E-state index is 13.5. The molecule has 0 saturated heterocycles. The van der Waals surface area contributed by atoms with Crippen molar-refractivity contribution in [1.29, 1.82) is 0 Å². The third-order valence-corrected chi connectivity index (χ3v) is 5.10. The highest BCUT2D eigenvalue weighted by Gasteiger charge is 2.23. The van der Waals surface area contributed by atoms with Gasteiger partial charge in [0.15, 0.2) is 6.61 Å². The monoisotopic (exact) mass is 474 g/mol. The van der Waals surface area contributed by atoms with Crippen LogP contribution >= 0.6 is 0 Å². The van der Waals surface area contributed by atoms with E-state index in [1.807, 2.05) is 6.92 Å². The summed E-state index contributed by atoms with van der Waals surface area (Å²) >= 11 is 0. The van der Waals surface area contributed by atoms with Crippen LogP contribution in [0.25, 0.3) is 10.9 Å². The Labute approximate surface area is 194 Å². The van der Waals surface area contributed by atoms with Gasteiger partial charge in [0.1, 0.15) is 11.5 Å². The minimum absolute atomic E-state index is 0.0904. The average Bonchev–Trinajstić information content (AvgIpc) is 2.80. The number of ether oxygens (including phenoxy) is 3. The first-order valence-corrected chi connectivity index (χ1v) is 10.4. The number of aliphatic carboxylic acids is 1. The number of carbonyl (C=O) groups is 2. The fourth-order valence-corrected chi connectivity index (χ4v) is 3.56. The van der Waals surface area contributed by atoms with Crippen LogP contribution in [0.2, 0.25) is 0 Å². The second kappa shape index (κ2) is 10.8. The van der Waals surface area contributed by atoms with Gasteiger partial charge < -0.3 is 19.3 Å². The van der Waals surface area contributed by atoms with Crippen molar-refractivity contribution >= 4 is 28.7 Å². The number of benzene rings is 2. The molecule has 2 N–H and O–H groups in total. The largest absolute Gasteiger partial charge is 0.481 e. The maximum Gasteiger partial charge on any atom is 0.411 e. The van der Waals surface area contributed by atoms with Gasteiger partial charge in [-0.25, -0.2) is 9.59 Å². The van der Waals surface area contributed by atoms with Gasteiger partial charge in [-0.1, -0.05) is 25.1 Å². The van der Waals surface area contributed by atoms with E-state index in [1.165, 1.54) is 13.2 Å². The van der Waals surface area contributed by atoms with Crippen molar-refractivity contribution in [3.8, 4) is 11.5 Å². The molecule has 0 radical (unpaired) electrons. The van der Waals surface area contributed by atoms with Crippen LogP contribution in [0, 0.1) is 6.92 Å². The molecule has 0 spiro atoms. The number of hydrogen-bond donors (Lipinski definition) is 2. The summed E-state index contributed by atoms with van der Waals surface area (Å²) in [6.07, 6.45) is 0.0440. The first-order chi connectivity index (χ1) is 16.2.